The number of aromatic carboxylic acids is 1. The Morgan fingerprint density at radius 2 is 2.00 bits per heavy atom. The van der Waals surface area contributed by atoms with E-state index in [9.17, 15) is 14.3 Å². The van der Waals surface area contributed by atoms with Gasteiger partial charge in [-0.3, -0.25) is 0 Å². The summed E-state index contributed by atoms with van der Waals surface area (Å²) in [7, 11) is 0. The van der Waals surface area contributed by atoms with Gasteiger partial charge in [-0.2, -0.15) is 0 Å². The smallest absolute Gasteiger partial charge is 0.354 e. The van der Waals surface area contributed by atoms with Crippen LogP contribution in [0.1, 0.15) is 29.0 Å². The van der Waals surface area contributed by atoms with Crippen molar-refractivity contribution in [3.63, 3.8) is 0 Å². The van der Waals surface area contributed by atoms with Crippen LogP contribution in [0.15, 0.2) is 48.8 Å². The molecule has 4 rings (SSSR count). The summed E-state index contributed by atoms with van der Waals surface area (Å²) >= 11 is 6.05. The lowest BCUT2D eigenvalue weighted by atomic mass is 10.1. The number of benzene rings is 1. The van der Waals surface area contributed by atoms with E-state index in [1.54, 1.807) is 24.4 Å². The fourth-order valence-corrected chi connectivity index (χ4v) is 3.13. The molecule has 7 nitrogen and oxygen atoms in total. The normalized spacial score (nSPS) is 12.1. The molecule has 4 aromatic rings. The molecule has 0 saturated heterocycles. The van der Waals surface area contributed by atoms with Crippen molar-refractivity contribution in [2.45, 2.75) is 13.0 Å². The number of fused-ring (bicyclic) bond motifs is 1. The summed E-state index contributed by atoms with van der Waals surface area (Å²) in [5.74, 6) is -0.963. The standard InChI is InChI=1S/C20H15ClFN5O2/c1-10(11-2-4-13(22)5-3-11)25-17-7-16(20(28)29)26-19(27-17)15-9-24-18-14(15)6-12(21)8-23-18/h2-10H,1H3,(H,23,24)(H,28,29)(H,25,26,27)/t10-/m0/s1. The number of anilines is 1. The Bertz CT molecular complexity index is 1210. The maximum Gasteiger partial charge on any atom is 0.354 e. The summed E-state index contributed by atoms with van der Waals surface area (Å²) in [4.78, 5) is 27.4. The highest BCUT2D eigenvalue weighted by Gasteiger charge is 2.17. The molecule has 0 amide bonds. The van der Waals surface area contributed by atoms with Crippen LogP contribution >= 0.6 is 11.6 Å². The van der Waals surface area contributed by atoms with Crippen LogP contribution in [-0.2, 0) is 0 Å². The molecule has 0 aliphatic rings. The molecule has 146 valence electrons. The molecule has 3 heterocycles. The zero-order valence-electron chi connectivity index (χ0n) is 15.1. The van der Waals surface area contributed by atoms with Crippen molar-refractivity contribution in [3.8, 4) is 11.4 Å². The number of rotatable bonds is 5. The van der Waals surface area contributed by atoms with E-state index in [2.05, 4.69) is 25.3 Å². The predicted molar refractivity (Wildman–Crippen MR) is 108 cm³/mol. The molecule has 3 N–H and O–H groups in total. The summed E-state index contributed by atoms with van der Waals surface area (Å²) < 4.78 is 13.2. The third kappa shape index (κ3) is 3.88. The van der Waals surface area contributed by atoms with Gasteiger partial charge in [-0.1, -0.05) is 23.7 Å². The summed E-state index contributed by atoms with van der Waals surface area (Å²) in [5, 5.41) is 13.7. The molecule has 0 saturated carbocycles. The summed E-state index contributed by atoms with van der Waals surface area (Å²) in [5.41, 5.74) is 1.83. The van der Waals surface area contributed by atoms with Crippen molar-refractivity contribution in [2.75, 3.05) is 5.32 Å². The van der Waals surface area contributed by atoms with Gasteiger partial charge in [0.2, 0.25) is 0 Å². The third-order valence-electron chi connectivity index (χ3n) is 4.42. The van der Waals surface area contributed by atoms with Crippen molar-refractivity contribution < 1.29 is 14.3 Å². The number of nitrogens with zero attached hydrogens (tertiary/aromatic N) is 3. The van der Waals surface area contributed by atoms with Crippen LogP contribution in [0, 0.1) is 5.82 Å². The number of hydrogen-bond acceptors (Lipinski definition) is 5. The maximum absolute atomic E-state index is 13.2. The van der Waals surface area contributed by atoms with E-state index in [0.717, 1.165) is 5.56 Å². The second-order valence-electron chi connectivity index (χ2n) is 6.44. The molecule has 0 aliphatic heterocycles. The van der Waals surface area contributed by atoms with Gasteiger partial charge in [0.25, 0.3) is 0 Å². The first-order chi connectivity index (χ1) is 13.9. The highest BCUT2D eigenvalue weighted by Crippen LogP contribution is 2.29. The second kappa shape index (κ2) is 7.48. The van der Waals surface area contributed by atoms with Crippen LogP contribution in [-0.4, -0.2) is 31.0 Å². The molecule has 1 aromatic carbocycles. The number of aromatic nitrogens is 4. The fourth-order valence-electron chi connectivity index (χ4n) is 2.97. The van der Waals surface area contributed by atoms with Gasteiger partial charge >= 0.3 is 5.97 Å². The molecule has 1 atom stereocenters. The number of aromatic amines is 1. The highest BCUT2D eigenvalue weighted by atomic mass is 35.5. The van der Waals surface area contributed by atoms with Crippen LogP contribution in [0.3, 0.4) is 0 Å². The first-order valence-corrected chi connectivity index (χ1v) is 9.06. The van der Waals surface area contributed by atoms with Crippen LogP contribution < -0.4 is 5.32 Å². The predicted octanol–water partition coefficient (Wildman–Crippen LogP) is 4.68. The van der Waals surface area contributed by atoms with Gasteiger partial charge in [0, 0.05) is 35.5 Å². The van der Waals surface area contributed by atoms with Gasteiger partial charge in [0.15, 0.2) is 11.5 Å². The minimum absolute atomic E-state index is 0.159. The Hall–Kier alpha value is -3.52. The first-order valence-electron chi connectivity index (χ1n) is 8.68. The van der Waals surface area contributed by atoms with E-state index in [0.29, 0.717) is 27.4 Å². The van der Waals surface area contributed by atoms with Gasteiger partial charge in [0.05, 0.1) is 5.02 Å². The lowest BCUT2D eigenvalue weighted by Crippen LogP contribution is -2.11. The molecule has 0 aliphatic carbocycles. The number of pyridine rings is 1. The SMILES string of the molecule is C[C@H](Nc1cc(C(=O)O)nc(-c2c[nH]c3ncc(Cl)cc23)n1)c1ccc(F)cc1. The van der Waals surface area contributed by atoms with Crippen LogP contribution in [0.25, 0.3) is 22.4 Å². The van der Waals surface area contributed by atoms with E-state index in [4.69, 9.17) is 11.6 Å². The van der Waals surface area contributed by atoms with Gasteiger partial charge in [0.1, 0.15) is 17.3 Å². The van der Waals surface area contributed by atoms with Gasteiger partial charge in [-0.05, 0) is 30.7 Å². The number of H-pyrrole nitrogens is 1. The lowest BCUT2D eigenvalue weighted by molar-refractivity contribution is 0.0690. The molecule has 0 radical (unpaired) electrons. The number of carbonyl (C=O) groups is 1. The van der Waals surface area contributed by atoms with Gasteiger partial charge < -0.3 is 15.4 Å². The summed E-state index contributed by atoms with van der Waals surface area (Å²) in [6.45, 7) is 1.87. The Morgan fingerprint density at radius 1 is 1.24 bits per heavy atom. The van der Waals surface area contributed by atoms with E-state index in [-0.39, 0.29) is 23.4 Å². The molecule has 0 bridgehead atoms. The number of halogens is 2. The number of carboxylic acids is 1. The van der Waals surface area contributed by atoms with E-state index in [1.807, 2.05) is 6.92 Å². The van der Waals surface area contributed by atoms with Crippen LogP contribution in [0.4, 0.5) is 10.2 Å². The molecule has 3 aromatic heterocycles. The monoisotopic (exact) mass is 411 g/mol. The average Bonchev–Trinajstić information content (AvgIpc) is 3.11. The molecule has 29 heavy (non-hydrogen) atoms. The van der Waals surface area contributed by atoms with E-state index in [1.165, 1.54) is 24.4 Å². The number of nitrogens with one attached hydrogen (secondary N) is 2. The average molecular weight is 412 g/mol. The van der Waals surface area contributed by atoms with E-state index >= 15 is 0 Å². The molecule has 0 unspecified atom stereocenters. The van der Waals surface area contributed by atoms with Crippen molar-refractivity contribution in [1.29, 1.82) is 0 Å². The highest BCUT2D eigenvalue weighted by molar-refractivity contribution is 6.31. The first kappa shape index (κ1) is 18.8. The largest absolute Gasteiger partial charge is 0.477 e. The molecular formula is C20H15ClFN5O2. The quantitative estimate of drug-likeness (QED) is 0.440. The summed E-state index contributed by atoms with van der Waals surface area (Å²) in [6.07, 6.45) is 3.16. The van der Waals surface area contributed by atoms with Crippen molar-refractivity contribution in [1.82, 2.24) is 19.9 Å². The maximum atomic E-state index is 13.2. The second-order valence-corrected chi connectivity index (χ2v) is 6.87. The van der Waals surface area contributed by atoms with Gasteiger partial charge in [-0.15, -0.1) is 0 Å². The lowest BCUT2D eigenvalue weighted by Gasteiger charge is -2.16. The molecule has 0 spiro atoms. The van der Waals surface area contributed by atoms with Crippen LogP contribution in [0.5, 0.6) is 0 Å². The Kier molecular flexibility index (Phi) is 4.85. The molecular weight excluding hydrogens is 397 g/mol. The molecule has 9 heteroatoms. The Morgan fingerprint density at radius 3 is 2.72 bits per heavy atom. The Labute approximate surface area is 169 Å². The topological polar surface area (TPSA) is 104 Å². The van der Waals surface area contributed by atoms with Crippen molar-refractivity contribution in [3.05, 3.63) is 70.9 Å². The number of carboxylic acid groups (broad SMARTS) is 1. The van der Waals surface area contributed by atoms with Crippen LogP contribution in [0.2, 0.25) is 5.02 Å². The third-order valence-corrected chi connectivity index (χ3v) is 4.62. The fraction of sp³-hybridized carbons (Fsp3) is 0.100. The zero-order valence-corrected chi connectivity index (χ0v) is 15.9. The zero-order chi connectivity index (χ0) is 20.5. The molecule has 0 fully saturated rings. The minimum Gasteiger partial charge on any atom is -0.477 e. The van der Waals surface area contributed by atoms with Crippen molar-refractivity contribution >= 4 is 34.4 Å². The number of hydrogen-bond donors (Lipinski definition) is 3. The van der Waals surface area contributed by atoms with E-state index < -0.39 is 5.97 Å². The Balaban J connectivity index is 1.75. The van der Waals surface area contributed by atoms with Gasteiger partial charge in [-0.25, -0.2) is 24.1 Å². The summed E-state index contributed by atoms with van der Waals surface area (Å²) in [6, 6.07) is 8.86. The van der Waals surface area contributed by atoms with Crippen molar-refractivity contribution in [2.24, 2.45) is 0 Å². The minimum atomic E-state index is -1.18.